The van der Waals surface area contributed by atoms with Gasteiger partial charge in [0.05, 0.1) is 6.61 Å². The third-order valence-corrected chi connectivity index (χ3v) is 9.09. The molecule has 1 aliphatic rings. The Bertz CT molecular complexity index is 2200. The van der Waals surface area contributed by atoms with Crippen molar-refractivity contribution in [2.24, 2.45) is 0 Å². The molecule has 7 rings (SSSR count). The number of nitrogens with one attached hydrogen (secondary N) is 1. The van der Waals surface area contributed by atoms with Crippen molar-refractivity contribution in [3.8, 4) is 28.3 Å². The zero-order chi connectivity index (χ0) is 34.2. The number of carboxylic acids is 1. The van der Waals surface area contributed by atoms with Gasteiger partial charge in [0.15, 0.2) is 11.4 Å². The molecule has 4 heterocycles. The van der Waals surface area contributed by atoms with Gasteiger partial charge in [-0.25, -0.2) is 9.97 Å². The molecular weight excluding hydrogens is 632 g/mol. The van der Waals surface area contributed by atoms with Crippen LogP contribution in [0.1, 0.15) is 35.1 Å². The molecule has 1 aliphatic heterocycles. The summed E-state index contributed by atoms with van der Waals surface area (Å²) in [6.07, 6.45) is 4.53. The third kappa shape index (κ3) is 6.28. The van der Waals surface area contributed by atoms with Crippen LogP contribution in [-0.2, 0) is 17.9 Å². The first-order valence-electron chi connectivity index (χ1n) is 15.9. The smallest absolute Gasteiger partial charge is 0.387 e. The van der Waals surface area contributed by atoms with E-state index in [-0.39, 0.29) is 18.9 Å². The molecule has 1 saturated heterocycles. The van der Waals surface area contributed by atoms with Crippen molar-refractivity contribution in [2.45, 2.75) is 52.5 Å². The number of benzene rings is 3. The minimum atomic E-state index is -3.06. The molecule has 3 N–H and O–H groups in total. The van der Waals surface area contributed by atoms with Crippen LogP contribution in [0.25, 0.3) is 44.6 Å². The summed E-state index contributed by atoms with van der Waals surface area (Å²) in [6, 6.07) is 17.9. The molecule has 0 unspecified atom stereocenters. The van der Waals surface area contributed by atoms with E-state index in [1.54, 1.807) is 23.4 Å². The molecule has 0 saturated carbocycles. The predicted molar refractivity (Wildman–Crippen MR) is 181 cm³/mol. The molecule has 1 atom stereocenters. The second-order valence-electron chi connectivity index (χ2n) is 12.1. The second-order valence-corrected chi connectivity index (χ2v) is 12.1. The van der Waals surface area contributed by atoms with E-state index in [1.807, 2.05) is 62.4 Å². The molecule has 3 aromatic heterocycles. The maximum atomic E-state index is 13.4. The topological polar surface area (TPSA) is 134 Å². The Morgan fingerprint density at radius 1 is 1.06 bits per heavy atom. The summed E-state index contributed by atoms with van der Waals surface area (Å²) in [7, 11) is 0. The lowest BCUT2D eigenvalue weighted by Gasteiger charge is -2.22. The first kappa shape index (κ1) is 32.1. The molecule has 0 aliphatic carbocycles. The largest absolute Gasteiger partial charge is 0.480 e. The Labute approximate surface area is 280 Å². The Morgan fingerprint density at radius 2 is 1.84 bits per heavy atom. The highest BCUT2D eigenvalue weighted by Crippen LogP contribution is 2.38. The number of hydrogen-bond donors (Lipinski definition) is 3. The van der Waals surface area contributed by atoms with Gasteiger partial charge in [-0.05, 0) is 91.4 Å². The van der Waals surface area contributed by atoms with Gasteiger partial charge in [-0.3, -0.25) is 14.7 Å². The molecule has 0 amide bonds. The Morgan fingerprint density at radius 3 is 2.61 bits per heavy atom. The average molecular weight is 666 g/mol. The Hall–Kier alpha value is -5.46. The standard InChI is InChI=1S/C37H33F2N5O5/c1-20-25(26-7-4-9-28(21(26)2)42-34-33-23(11-12-40-34)14-22(19-45)17-41-33)6-3-8-27(20)35-43-29-16-31(49-37(38)39)24(15-32(29)48-35)18-44-13-5-10-30(44)36(46)47/h3-4,6-9,11-12,14-17,30,37,45H,5,10,13,18-19H2,1-2H3,(H,40,42)(H,46,47)/t30-/m0/s1. The number of nitrogens with zero attached hydrogens (tertiary/aromatic N) is 4. The van der Waals surface area contributed by atoms with E-state index in [2.05, 4.69) is 20.3 Å². The number of aliphatic carboxylic acids is 1. The highest BCUT2D eigenvalue weighted by Gasteiger charge is 2.31. The molecule has 0 bridgehead atoms. The maximum Gasteiger partial charge on any atom is 0.387 e. The van der Waals surface area contributed by atoms with E-state index in [0.29, 0.717) is 53.3 Å². The molecule has 1 fully saturated rings. The first-order valence-corrected chi connectivity index (χ1v) is 15.9. The fraction of sp³-hybridized carbons (Fsp3) is 0.243. The number of halogens is 2. The van der Waals surface area contributed by atoms with Crippen LogP contribution in [0.3, 0.4) is 0 Å². The van der Waals surface area contributed by atoms with Crippen LogP contribution in [0, 0.1) is 13.8 Å². The summed E-state index contributed by atoms with van der Waals surface area (Å²) in [4.78, 5) is 27.2. The van der Waals surface area contributed by atoms with Crippen molar-refractivity contribution in [1.29, 1.82) is 0 Å². The number of carbonyl (C=O) groups is 1. The van der Waals surface area contributed by atoms with E-state index >= 15 is 0 Å². The summed E-state index contributed by atoms with van der Waals surface area (Å²) < 4.78 is 38.0. The number of alkyl halides is 2. The number of anilines is 2. The number of hydrogen-bond acceptors (Lipinski definition) is 9. The van der Waals surface area contributed by atoms with Crippen LogP contribution in [0.15, 0.2) is 77.5 Å². The number of carboxylic acid groups (broad SMARTS) is 1. The molecule has 0 radical (unpaired) electrons. The van der Waals surface area contributed by atoms with Crippen LogP contribution in [-0.4, -0.2) is 55.2 Å². The van der Waals surface area contributed by atoms with Gasteiger partial charge < -0.3 is 24.7 Å². The molecule has 10 nitrogen and oxygen atoms in total. The number of oxazole rings is 1. The number of ether oxygens (including phenoxy) is 1. The van der Waals surface area contributed by atoms with Crippen molar-refractivity contribution in [1.82, 2.24) is 19.9 Å². The van der Waals surface area contributed by atoms with Gasteiger partial charge in [0.1, 0.15) is 22.8 Å². The summed E-state index contributed by atoms with van der Waals surface area (Å²) in [5.74, 6) is -0.0897. The van der Waals surface area contributed by atoms with Crippen molar-refractivity contribution in [3.63, 3.8) is 0 Å². The van der Waals surface area contributed by atoms with E-state index in [1.165, 1.54) is 6.07 Å². The molecule has 49 heavy (non-hydrogen) atoms. The van der Waals surface area contributed by atoms with E-state index < -0.39 is 18.6 Å². The SMILES string of the molecule is Cc1c(Nc2nccc3cc(CO)cnc23)cccc1-c1cccc(-c2nc3cc(OC(F)F)c(CN4CCC[C@H]4C(=O)O)cc3o2)c1C. The van der Waals surface area contributed by atoms with Gasteiger partial charge in [0.2, 0.25) is 5.89 Å². The minimum Gasteiger partial charge on any atom is -0.480 e. The van der Waals surface area contributed by atoms with Gasteiger partial charge in [-0.15, -0.1) is 0 Å². The predicted octanol–water partition coefficient (Wildman–Crippen LogP) is 7.61. The van der Waals surface area contributed by atoms with Crippen molar-refractivity contribution >= 4 is 39.5 Å². The van der Waals surface area contributed by atoms with Gasteiger partial charge >= 0.3 is 12.6 Å². The number of pyridine rings is 2. The quantitative estimate of drug-likeness (QED) is 0.134. The Kier molecular flexibility index (Phi) is 8.66. The van der Waals surface area contributed by atoms with Gasteiger partial charge in [0, 0.05) is 47.2 Å². The van der Waals surface area contributed by atoms with Crippen LogP contribution in [0.4, 0.5) is 20.3 Å². The Balaban J connectivity index is 1.23. The highest BCUT2D eigenvalue weighted by atomic mass is 19.3. The normalized spacial score (nSPS) is 15.0. The summed E-state index contributed by atoms with van der Waals surface area (Å²) in [6.45, 7) is 1.50. The van der Waals surface area contributed by atoms with Crippen molar-refractivity contribution < 1.29 is 32.9 Å². The fourth-order valence-corrected chi connectivity index (χ4v) is 6.59. The zero-order valence-electron chi connectivity index (χ0n) is 26.8. The van der Waals surface area contributed by atoms with Crippen LogP contribution < -0.4 is 10.1 Å². The zero-order valence-corrected chi connectivity index (χ0v) is 26.8. The lowest BCUT2D eigenvalue weighted by molar-refractivity contribution is -0.142. The van der Waals surface area contributed by atoms with E-state index in [9.17, 15) is 23.8 Å². The molecule has 12 heteroatoms. The number of fused-ring (bicyclic) bond motifs is 2. The van der Waals surface area contributed by atoms with Crippen molar-refractivity contribution in [3.05, 3.63) is 95.3 Å². The lowest BCUT2D eigenvalue weighted by Crippen LogP contribution is -2.35. The number of likely N-dealkylation sites (tertiary alicyclic amines) is 1. The summed E-state index contributed by atoms with van der Waals surface area (Å²) >= 11 is 0. The number of rotatable bonds is 10. The second kappa shape index (κ2) is 13.2. The fourth-order valence-electron chi connectivity index (χ4n) is 6.59. The maximum absolute atomic E-state index is 13.4. The summed E-state index contributed by atoms with van der Waals surface area (Å²) in [5, 5.41) is 23.4. The van der Waals surface area contributed by atoms with Gasteiger partial charge in [0.25, 0.3) is 0 Å². The van der Waals surface area contributed by atoms with Crippen LogP contribution in [0.5, 0.6) is 5.75 Å². The first-order chi connectivity index (χ1) is 23.7. The number of aliphatic hydroxyl groups is 1. The van der Waals surface area contributed by atoms with Crippen LogP contribution >= 0.6 is 0 Å². The average Bonchev–Trinajstić information content (AvgIpc) is 3.72. The van der Waals surface area contributed by atoms with Gasteiger partial charge in [-0.2, -0.15) is 8.78 Å². The lowest BCUT2D eigenvalue weighted by atomic mass is 9.93. The molecule has 0 spiro atoms. The van der Waals surface area contributed by atoms with Gasteiger partial charge in [-0.1, -0.05) is 24.3 Å². The highest BCUT2D eigenvalue weighted by molar-refractivity contribution is 5.91. The van der Waals surface area contributed by atoms with Crippen LogP contribution in [0.2, 0.25) is 0 Å². The molecule has 250 valence electrons. The van der Waals surface area contributed by atoms with Crippen molar-refractivity contribution in [2.75, 3.05) is 11.9 Å². The third-order valence-electron chi connectivity index (χ3n) is 9.09. The molecular formula is C37H33F2N5O5. The molecule has 3 aromatic carbocycles. The number of aliphatic hydroxyl groups excluding tert-OH is 1. The van der Waals surface area contributed by atoms with E-state index in [0.717, 1.165) is 44.5 Å². The monoisotopic (exact) mass is 665 g/mol. The summed E-state index contributed by atoms with van der Waals surface area (Å²) in [5.41, 5.74) is 7.92. The number of aromatic nitrogens is 3. The van der Waals surface area contributed by atoms with E-state index in [4.69, 9.17) is 9.15 Å². The minimum absolute atomic E-state index is 0.0616. The molecule has 6 aromatic rings.